The van der Waals surface area contributed by atoms with E-state index in [4.69, 9.17) is 16.1 Å². The van der Waals surface area contributed by atoms with Crippen molar-refractivity contribution in [3.8, 4) is 11.4 Å². The van der Waals surface area contributed by atoms with E-state index in [0.29, 0.717) is 42.3 Å². The normalized spacial score (nSPS) is 16.2. The van der Waals surface area contributed by atoms with Crippen LogP contribution in [0.1, 0.15) is 25.7 Å². The number of nitrogens with one attached hydrogen (secondary N) is 2. The molecular weight excluding hydrogens is 543 g/mol. The molecule has 1 aliphatic heterocycles. The maximum Gasteiger partial charge on any atom is 0.246 e. The number of hydrogen-bond acceptors (Lipinski definition) is 6. The first-order chi connectivity index (χ1) is 13.9. The van der Waals surface area contributed by atoms with Crippen molar-refractivity contribution >= 4 is 51.6 Å². The molecule has 9 nitrogen and oxygen atoms in total. The number of sulfonamides is 1. The van der Waals surface area contributed by atoms with Gasteiger partial charge in [0.1, 0.15) is 0 Å². The number of aromatic nitrogens is 2. The van der Waals surface area contributed by atoms with Gasteiger partial charge in [-0.3, -0.25) is 4.99 Å². The predicted octanol–water partition coefficient (Wildman–Crippen LogP) is 2.49. The highest BCUT2D eigenvalue weighted by Crippen LogP contribution is 2.18. The van der Waals surface area contributed by atoms with E-state index >= 15 is 0 Å². The quantitative estimate of drug-likeness (QED) is 0.313. The minimum atomic E-state index is -3.12. The van der Waals surface area contributed by atoms with Crippen LogP contribution >= 0.6 is 35.6 Å². The molecule has 0 bridgehead atoms. The van der Waals surface area contributed by atoms with E-state index in [1.165, 1.54) is 0 Å². The van der Waals surface area contributed by atoms with Crippen molar-refractivity contribution in [3.63, 3.8) is 0 Å². The topological polar surface area (TPSA) is 113 Å². The second-order valence-corrected chi connectivity index (χ2v) is 9.36. The molecule has 1 saturated heterocycles. The fourth-order valence-electron chi connectivity index (χ4n) is 3.05. The molecule has 0 unspecified atom stereocenters. The molecule has 1 aromatic carbocycles. The summed E-state index contributed by atoms with van der Waals surface area (Å²) in [4.78, 5) is 8.58. The fraction of sp³-hybridized carbons (Fsp3) is 0.500. The van der Waals surface area contributed by atoms with Crippen molar-refractivity contribution in [2.24, 2.45) is 4.99 Å². The van der Waals surface area contributed by atoms with Crippen molar-refractivity contribution in [1.82, 2.24) is 25.1 Å². The summed E-state index contributed by atoms with van der Waals surface area (Å²) in [5.74, 6) is 1.66. The first-order valence-electron chi connectivity index (χ1n) is 9.45. The molecule has 1 aliphatic rings. The third kappa shape index (κ3) is 6.53. The lowest BCUT2D eigenvalue weighted by atomic mass is 10.1. The minimum Gasteiger partial charge on any atom is -0.354 e. The molecule has 3 rings (SSSR count). The maximum atomic E-state index is 12.0. The molecule has 0 saturated carbocycles. The van der Waals surface area contributed by atoms with Gasteiger partial charge in [-0.2, -0.15) is 4.98 Å². The zero-order valence-corrected chi connectivity index (χ0v) is 20.7. The lowest BCUT2D eigenvalue weighted by Crippen LogP contribution is -2.49. The molecule has 2 heterocycles. The summed E-state index contributed by atoms with van der Waals surface area (Å²) in [6.07, 6.45) is 1.45. The minimum absolute atomic E-state index is 0. The zero-order valence-electron chi connectivity index (χ0n) is 16.8. The molecule has 0 atom stereocenters. The summed E-state index contributed by atoms with van der Waals surface area (Å²) in [5, 5.41) is 11.1. The van der Waals surface area contributed by atoms with Crippen LogP contribution < -0.4 is 10.6 Å². The highest BCUT2D eigenvalue weighted by molar-refractivity contribution is 14.0. The number of piperidine rings is 1. The maximum absolute atomic E-state index is 12.0. The standard InChI is InChI=1S/C18H25ClN6O3S.HI/c1-3-29(26,27)25-10-8-15(9-11-25)22-18(20-2)21-12-16-23-17(24-28-16)13-4-6-14(19)7-5-13;/h4-7,15H,3,8-12H2,1-2H3,(H2,20,21,22);1H. The van der Waals surface area contributed by atoms with Crippen LogP contribution in [0.15, 0.2) is 33.8 Å². The van der Waals surface area contributed by atoms with E-state index < -0.39 is 10.0 Å². The van der Waals surface area contributed by atoms with Gasteiger partial charge >= 0.3 is 0 Å². The summed E-state index contributed by atoms with van der Waals surface area (Å²) in [7, 11) is -1.44. The number of nitrogens with zero attached hydrogens (tertiary/aromatic N) is 4. The average molecular weight is 569 g/mol. The third-order valence-corrected chi connectivity index (χ3v) is 6.89. The number of hydrogen-bond donors (Lipinski definition) is 2. The molecule has 0 amide bonds. The Morgan fingerprint density at radius 3 is 2.57 bits per heavy atom. The fourth-order valence-corrected chi connectivity index (χ4v) is 4.31. The largest absolute Gasteiger partial charge is 0.354 e. The van der Waals surface area contributed by atoms with Gasteiger partial charge in [0.05, 0.1) is 12.3 Å². The van der Waals surface area contributed by atoms with Crippen LogP contribution in [0, 0.1) is 0 Å². The van der Waals surface area contributed by atoms with Crippen molar-refractivity contribution in [2.45, 2.75) is 32.4 Å². The zero-order chi connectivity index (χ0) is 20.9. The van der Waals surface area contributed by atoms with Crippen LogP contribution in [0.3, 0.4) is 0 Å². The molecule has 2 N–H and O–H groups in total. The molecule has 0 spiro atoms. The molecular formula is C18H26ClIN6O3S. The Bertz CT molecular complexity index is 943. The van der Waals surface area contributed by atoms with Crippen LogP contribution in [0.4, 0.5) is 0 Å². The Labute approximate surface area is 198 Å². The van der Waals surface area contributed by atoms with Gasteiger partial charge in [-0.25, -0.2) is 12.7 Å². The van der Waals surface area contributed by atoms with Crippen molar-refractivity contribution < 1.29 is 12.9 Å². The summed E-state index contributed by atoms with van der Waals surface area (Å²) in [5.41, 5.74) is 0.820. The first-order valence-corrected chi connectivity index (χ1v) is 11.4. The molecule has 166 valence electrons. The molecule has 12 heteroatoms. The summed E-state index contributed by atoms with van der Waals surface area (Å²) in [6.45, 7) is 3.02. The highest BCUT2D eigenvalue weighted by atomic mass is 127. The van der Waals surface area contributed by atoms with Crippen LogP contribution in [-0.4, -0.2) is 60.8 Å². The van der Waals surface area contributed by atoms with Gasteiger partial charge in [-0.05, 0) is 44.0 Å². The lowest BCUT2D eigenvalue weighted by molar-refractivity contribution is 0.306. The van der Waals surface area contributed by atoms with Gasteiger partial charge in [0.15, 0.2) is 5.96 Å². The number of benzene rings is 1. The molecule has 0 aliphatic carbocycles. The smallest absolute Gasteiger partial charge is 0.246 e. The van der Waals surface area contributed by atoms with Gasteiger partial charge in [-0.1, -0.05) is 16.8 Å². The van der Waals surface area contributed by atoms with Crippen LogP contribution in [-0.2, 0) is 16.6 Å². The third-order valence-electron chi connectivity index (χ3n) is 4.75. The second-order valence-electron chi connectivity index (χ2n) is 6.66. The molecule has 30 heavy (non-hydrogen) atoms. The highest BCUT2D eigenvalue weighted by Gasteiger charge is 2.27. The summed E-state index contributed by atoms with van der Waals surface area (Å²) >= 11 is 5.90. The lowest BCUT2D eigenvalue weighted by Gasteiger charge is -2.32. The van der Waals surface area contributed by atoms with Gasteiger partial charge in [0.25, 0.3) is 0 Å². The summed E-state index contributed by atoms with van der Waals surface area (Å²) in [6, 6.07) is 7.35. The Morgan fingerprint density at radius 1 is 1.30 bits per heavy atom. The van der Waals surface area contributed by atoms with E-state index in [2.05, 4.69) is 25.8 Å². The van der Waals surface area contributed by atoms with Crippen LogP contribution in [0.2, 0.25) is 5.02 Å². The molecule has 2 aromatic rings. The van der Waals surface area contributed by atoms with Crippen molar-refractivity contribution in [3.05, 3.63) is 35.2 Å². The second kappa shape index (κ2) is 11.3. The monoisotopic (exact) mass is 568 g/mol. The Kier molecular flexibility index (Phi) is 9.31. The van der Waals surface area contributed by atoms with Crippen molar-refractivity contribution in [1.29, 1.82) is 0 Å². The van der Waals surface area contributed by atoms with Crippen LogP contribution in [0.25, 0.3) is 11.4 Å². The first kappa shape index (κ1) is 24.8. The van der Waals surface area contributed by atoms with E-state index in [-0.39, 0.29) is 35.8 Å². The Balaban J connectivity index is 0.00000320. The Hall–Kier alpha value is -1.44. The Morgan fingerprint density at radius 2 is 1.97 bits per heavy atom. The van der Waals surface area contributed by atoms with E-state index in [1.54, 1.807) is 30.4 Å². The average Bonchev–Trinajstić information content (AvgIpc) is 3.21. The van der Waals surface area contributed by atoms with Gasteiger partial charge in [0.2, 0.25) is 21.7 Å². The SMILES string of the molecule is CCS(=O)(=O)N1CCC(NC(=NC)NCc2nc(-c3ccc(Cl)cc3)no2)CC1.I. The van der Waals surface area contributed by atoms with Crippen LogP contribution in [0.5, 0.6) is 0 Å². The number of halogens is 2. The van der Waals surface area contributed by atoms with E-state index in [9.17, 15) is 8.42 Å². The predicted molar refractivity (Wildman–Crippen MR) is 128 cm³/mol. The molecule has 1 aromatic heterocycles. The van der Waals surface area contributed by atoms with Gasteiger partial charge in [-0.15, -0.1) is 24.0 Å². The van der Waals surface area contributed by atoms with E-state index in [1.807, 2.05) is 12.1 Å². The number of guanidine groups is 1. The molecule has 0 radical (unpaired) electrons. The van der Waals surface area contributed by atoms with E-state index in [0.717, 1.165) is 18.4 Å². The van der Waals surface area contributed by atoms with Crippen molar-refractivity contribution in [2.75, 3.05) is 25.9 Å². The molecule has 1 fully saturated rings. The number of rotatable bonds is 6. The van der Waals surface area contributed by atoms with Gasteiger partial charge < -0.3 is 15.2 Å². The number of aliphatic imine (C=N–C) groups is 1. The van der Waals surface area contributed by atoms with Gasteiger partial charge in [0, 0.05) is 36.8 Å². The summed E-state index contributed by atoms with van der Waals surface area (Å²) < 4.78 is 30.8.